The maximum Gasteiger partial charge on any atom is 0.254 e. The number of ether oxygens (including phenoxy) is 1. The van der Waals surface area contributed by atoms with Crippen molar-refractivity contribution in [1.82, 2.24) is 5.32 Å². The molecule has 0 saturated heterocycles. The average molecular weight is 359 g/mol. The van der Waals surface area contributed by atoms with Gasteiger partial charge in [-0.3, -0.25) is 9.59 Å². The topological polar surface area (TPSA) is 58.6 Å². The number of hydrogen-bond acceptors (Lipinski definition) is 3. The van der Waals surface area contributed by atoms with Crippen LogP contribution in [0.4, 0.5) is 5.69 Å². The molecule has 2 aromatic rings. The zero-order valence-corrected chi connectivity index (χ0v) is 14.8. The fourth-order valence-electron chi connectivity index (χ4n) is 2.98. The molecule has 0 saturated carbocycles. The van der Waals surface area contributed by atoms with Gasteiger partial charge in [0, 0.05) is 12.5 Å². The quantitative estimate of drug-likeness (QED) is 0.892. The van der Waals surface area contributed by atoms with Crippen LogP contribution in [0.15, 0.2) is 42.5 Å². The Labute approximate surface area is 151 Å². The molecule has 5 nitrogen and oxygen atoms in total. The molecule has 0 spiro atoms. The molecule has 6 heteroatoms. The molecule has 0 bridgehead atoms. The fourth-order valence-corrected chi connectivity index (χ4v) is 3.26. The predicted octanol–water partition coefficient (Wildman–Crippen LogP) is 3.25. The first-order valence-electron chi connectivity index (χ1n) is 8.04. The van der Waals surface area contributed by atoms with E-state index in [-0.39, 0.29) is 11.8 Å². The summed E-state index contributed by atoms with van der Waals surface area (Å²) in [7, 11) is 0. The number of halogens is 1. The van der Waals surface area contributed by atoms with Gasteiger partial charge in [-0.05, 0) is 24.6 Å². The van der Waals surface area contributed by atoms with E-state index in [1.807, 2.05) is 37.3 Å². The molecule has 0 unspecified atom stereocenters. The standard InChI is InChI=1S/C19H19ClN2O3/c1-12-6-3-4-9-16(12)25-11-10-22-18-14(7-5-8-15(18)20)17(19(22)24)21-13(2)23/h3-9,17H,10-11H2,1-2H3,(H,21,23)/t17-/m0/s1. The Morgan fingerprint density at radius 1 is 1.24 bits per heavy atom. The summed E-state index contributed by atoms with van der Waals surface area (Å²) in [5.41, 5.74) is 2.38. The number of nitrogens with one attached hydrogen (secondary N) is 1. The third-order valence-electron chi connectivity index (χ3n) is 4.13. The second-order valence-electron chi connectivity index (χ2n) is 5.92. The molecular formula is C19H19ClN2O3. The number of rotatable bonds is 5. The summed E-state index contributed by atoms with van der Waals surface area (Å²) in [5, 5.41) is 3.17. The zero-order valence-electron chi connectivity index (χ0n) is 14.1. The van der Waals surface area contributed by atoms with E-state index in [4.69, 9.17) is 16.3 Å². The zero-order chi connectivity index (χ0) is 18.0. The molecule has 2 aromatic carbocycles. The number of carbonyl (C=O) groups is 2. The van der Waals surface area contributed by atoms with Crippen molar-refractivity contribution in [3.8, 4) is 5.75 Å². The smallest absolute Gasteiger partial charge is 0.254 e. The van der Waals surface area contributed by atoms with Crippen molar-refractivity contribution in [2.75, 3.05) is 18.1 Å². The van der Waals surface area contributed by atoms with Crippen molar-refractivity contribution in [1.29, 1.82) is 0 Å². The maximum absolute atomic E-state index is 12.8. The van der Waals surface area contributed by atoms with Crippen molar-refractivity contribution >= 4 is 29.1 Å². The number of aryl methyl sites for hydroxylation is 1. The Morgan fingerprint density at radius 2 is 2.00 bits per heavy atom. The molecule has 1 atom stereocenters. The highest BCUT2D eigenvalue weighted by Gasteiger charge is 2.39. The van der Waals surface area contributed by atoms with Crippen LogP contribution in [0.1, 0.15) is 24.1 Å². The van der Waals surface area contributed by atoms with Gasteiger partial charge in [-0.15, -0.1) is 0 Å². The first kappa shape index (κ1) is 17.3. The van der Waals surface area contributed by atoms with Gasteiger partial charge in [0.2, 0.25) is 5.91 Å². The van der Waals surface area contributed by atoms with E-state index in [2.05, 4.69) is 5.32 Å². The second-order valence-corrected chi connectivity index (χ2v) is 6.32. The lowest BCUT2D eigenvalue weighted by atomic mass is 10.1. The summed E-state index contributed by atoms with van der Waals surface area (Å²) in [6.45, 7) is 4.03. The van der Waals surface area contributed by atoms with Gasteiger partial charge in [-0.2, -0.15) is 0 Å². The number of hydrogen-bond donors (Lipinski definition) is 1. The number of nitrogens with zero attached hydrogens (tertiary/aromatic N) is 1. The molecule has 0 fully saturated rings. The monoisotopic (exact) mass is 358 g/mol. The van der Waals surface area contributed by atoms with Crippen LogP contribution in [-0.2, 0) is 9.59 Å². The lowest BCUT2D eigenvalue weighted by Gasteiger charge is -2.19. The molecule has 1 heterocycles. The number of fused-ring (bicyclic) bond motifs is 1. The third kappa shape index (κ3) is 3.46. The summed E-state index contributed by atoms with van der Waals surface area (Å²) < 4.78 is 5.79. The van der Waals surface area contributed by atoms with Crippen LogP contribution in [0.2, 0.25) is 5.02 Å². The van der Waals surface area contributed by atoms with Crippen LogP contribution in [0.3, 0.4) is 0 Å². The average Bonchev–Trinajstić information content (AvgIpc) is 2.83. The molecule has 0 aliphatic carbocycles. The minimum atomic E-state index is -0.704. The normalized spacial score (nSPS) is 15.9. The van der Waals surface area contributed by atoms with E-state index in [1.54, 1.807) is 17.0 Å². The number of carbonyl (C=O) groups excluding carboxylic acids is 2. The predicted molar refractivity (Wildman–Crippen MR) is 97.0 cm³/mol. The summed E-state index contributed by atoms with van der Waals surface area (Å²) in [6, 6.07) is 12.3. The molecular weight excluding hydrogens is 340 g/mol. The SMILES string of the molecule is CC(=O)N[C@@H]1C(=O)N(CCOc2ccccc2C)c2c(Cl)cccc21. The Bertz CT molecular complexity index is 822. The molecule has 25 heavy (non-hydrogen) atoms. The summed E-state index contributed by atoms with van der Waals surface area (Å²) in [6.07, 6.45) is 0. The maximum atomic E-state index is 12.8. The molecule has 0 aromatic heterocycles. The van der Waals surface area contributed by atoms with Crippen molar-refractivity contribution in [3.63, 3.8) is 0 Å². The lowest BCUT2D eigenvalue weighted by molar-refractivity contribution is -0.126. The van der Waals surface area contributed by atoms with E-state index in [0.29, 0.717) is 29.4 Å². The molecule has 2 amide bonds. The molecule has 130 valence electrons. The molecule has 0 radical (unpaired) electrons. The van der Waals surface area contributed by atoms with E-state index < -0.39 is 6.04 Å². The fraction of sp³-hybridized carbons (Fsp3) is 0.263. The first-order valence-corrected chi connectivity index (χ1v) is 8.42. The number of para-hydroxylation sites is 2. The highest BCUT2D eigenvalue weighted by Crippen LogP contribution is 2.40. The number of anilines is 1. The largest absolute Gasteiger partial charge is 0.491 e. The summed E-state index contributed by atoms with van der Waals surface area (Å²) in [4.78, 5) is 25.8. The molecule has 1 N–H and O–H groups in total. The van der Waals surface area contributed by atoms with Crippen molar-refractivity contribution in [3.05, 3.63) is 58.6 Å². The Morgan fingerprint density at radius 3 is 2.72 bits per heavy atom. The Kier molecular flexibility index (Phi) is 4.95. The van der Waals surface area contributed by atoms with E-state index >= 15 is 0 Å². The minimum absolute atomic E-state index is 0.202. The van der Waals surface area contributed by atoms with Gasteiger partial charge in [0.25, 0.3) is 5.91 Å². The van der Waals surface area contributed by atoms with Gasteiger partial charge in [0.1, 0.15) is 18.4 Å². The third-order valence-corrected chi connectivity index (χ3v) is 4.43. The Hall–Kier alpha value is -2.53. The highest BCUT2D eigenvalue weighted by atomic mass is 35.5. The van der Waals surface area contributed by atoms with Crippen LogP contribution < -0.4 is 15.0 Å². The number of benzene rings is 2. The van der Waals surface area contributed by atoms with E-state index in [1.165, 1.54) is 6.92 Å². The van der Waals surface area contributed by atoms with Crippen LogP contribution >= 0.6 is 11.6 Å². The first-order chi connectivity index (χ1) is 12.0. The lowest BCUT2D eigenvalue weighted by Crippen LogP contribution is -2.38. The van der Waals surface area contributed by atoms with Gasteiger partial charge < -0.3 is 15.0 Å². The van der Waals surface area contributed by atoms with E-state index in [0.717, 1.165) is 11.3 Å². The molecule has 1 aliphatic rings. The van der Waals surface area contributed by atoms with Gasteiger partial charge in [0.05, 0.1) is 17.3 Å². The van der Waals surface area contributed by atoms with Gasteiger partial charge >= 0.3 is 0 Å². The van der Waals surface area contributed by atoms with Crippen LogP contribution in [0, 0.1) is 6.92 Å². The summed E-state index contributed by atoms with van der Waals surface area (Å²) in [5.74, 6) is 0.320. The highest BCUT2D eigenvalue weighted by molar-refractivity contribution is 6.34. The molecule has 1 aliphatic heterocycles. The number of amides is 2. The molecule has 3 rings (SSSR count). The Balaban J connectivity index is 1.78. The second kappa shape index (κ2) is 7.15. The van der Waals surface area contributed by atoms with Crippen LogP contribution in [-0.4, -0.2) is 25.0 Å². The van der Waals surface area contributed by atoms with Crippen LogP contribution in [0.25, 0.3) is 0 Å². The van der Waals surface area contributed by atoms with Crippen molar-refractivity contribution < 1.29 is 14.3 Å². The minimum Gasteiger partial charge on any atom is -0.491 e. The van der Waals surface area contributed by atoms with Gasteiger partial charge in [-0.1, -0.05) is 41.9 Å². The van der Waals surface area contributed by atoms with Gasteiger partial charge in [0.15, 0.2) is 0 Å². The van der Waals surface area contributed by atoms with Crippen molar-refractivity contribution in [2.24, 2.45) is 0 Å². The summed E-state index contributed by atoms with van der Waals surface area (Å²) >= 11 is 6.31. The van der Waals surface area contributed by atoms with Crippen LogP contribution in [0.5, 0.6) is 5.75 Å². The van der Waals surface area contributed by atoms with Crippen molar-refractivity contribution in [2.45, 2.75) is 19.9 Å². The van der Waals surface area contributed by atoms with Gasteiger partial charge in [-0.25, -0.2) is 0 Å². The van der Waals surface area contributed by atoms with E-state index in [9.17, 15) is 9.59 Å².